The van der Waals surface area contributed by atoms with E-state index in [1.807, 2.05) is 0 Å². The monoisotopic (exact) mass is 265 g/mol. The minimum Gasteiger partial charge on any atom is -0.388 e. The summed E-state index contributed by atoms with van der Waals surface area (Å²) in [5.74, 6) is -0.205. The molecule has 0 amide bonds. The van der Waals surface area contributed by atoms with Gasteiger partial charge in [-0.05, 0) is 56.5 Å². The van der Waals surface area contributed by atoms with E-state index < -0.39 is 6.10 Å². The highest BCUT2D eigenvalue weighted by Crippen LogP contribution is 2.20. The number of hydrogen-bond acceptors (Lipinski definition) is 2. The Labute approximate surface area is 115 Å². The lowest BCUT2D eigenvalue weighted by molar-refractivity contribution is 0.143. The topological polar surface area (TPSA) is 23.5 Å². The van der Waals surface area contributed by atoms with Crippen LogP contribution in [0.4, 0.5) is 4.39 Å². The van der Waals surface area contributed by atoms with E-state index in [1.54, 1.807) is 19.1 Å². The molecule has 0 saturated carbocycles. The van der Waals surface area contributed by atoms with E-state index >= 15 is 0 Å². The van der Waals surface area contributed by atoms with Gasteiger partial charge in [-0.25, -0.2) is 4.39 Å². The number of rotatable bonds is 4. The minimum absolute atomic E-state index is 0.205. The van der Waals surface area contributed by atoms with Crippen molar-refractivity contribution in [2.75, 3.05) is 19.6 Å². The second kappa shape index (κ2) is 7.01. The molecule has 1 N–H and O–H groups in total. The first-order chi connectivity index (χ1) is 9.16. The Balaban J connectivity index is 1.85. The number of benzene rings is 1. The van der Waals surface area contributed by atoms with Crippen molar-refractivity contribution in [2.45, 2.75) is 45.1 Å². The SMILES string of the molecule is Cc1cc(C(O)CCN2CCCCCC2)ccc1F. The van der Waals surface area contributed by atoms with Crippen LogP contribution in [0, 0.1) is 12.7 Å². The standard InChI is InChI=1S/C16H24FNO/c1-13-12-14(6-7-15(13)17)16(19)8-11-18-9-4-2-3-5-10-18/h6-7,12,16,19H,2-5,8-11H2,1H3. The molecule has 1 fully saturated rings. The van der Waals surface area contributed by atoms with Gasteiger partial charge in [-0.15, -0.1) is 0 Å². The molecule has 1 unspecified atom stereocenters. The van der Waals surface area contributed by atoms with Crippen LogP contribution in [0.3, 0.4) is 0 Å². The van der Waals surface area contributed by atoms with E-state index in [0.717, 1.165) is 31.6 Å². The molecule has 0 spiro atoms. The van der Waals surface area contributed by atoms with Crippen molar-refractivity contribution in [1.29, 1.82) is 0 Å². The maximum Gasteiger partial charge on any atom is 0.126 e. The molecule has 1 aliphatic heterocycles. The molecule has 1 heterocycles. The van der Waals surface area contributed by atoms with Crippen molar-refractivity contribution in [2.24, 2.45) is 0 Å². The van der Waals surface area contributed by atoms with Gasteiger partial charge in [0.2, 0.25) is 0 Å². The summed E-state index contributed by atoms with van der Waals surface area (Å²) >= 11 is 0. The molecular formula is C16H24FNO. The summed E-state index contributed by atoms with van der Waals surface area (Å²) in [6, 6.07) is 4.89. The van der Waals surface area contributed by atoms with Crippen molar-refractivity contribution < 1.29 is 9.50 Å². The molecule has 3 heteroatoms. The Morgan fingerprint density at radius 3 is 2.53 bits per heavy atom. The number of aliphatic hydroxyl groups is 1. The summed E-state index contributed by atoms with van der Waals surface area (Å²) in [4.78, 5) is 2.44. The van der Waals surface area contributed by atoms with Crippen molar-refractivity contribution in [3.63, 3.8) is 0 Å². The molecular weight excluding hydrogens is 241 g/mol. The second-order valence-electron chi connectivity index (χ2n) is 5.57. The molecule has 2 rings (SSSR count). The fourth-order valence-electron chi connectivity index (χ4n) is 2.71. The van der Waals surface area contributed by atoms with Crippen LogP contribution >= 0.6 is 0 Å². The van der Waals surface area contributed by atoms with E-state index in [-0.39, 0.29) is 5.82 Å². The maximum atomic E-state index is 13.2. The van der Waals surface area contributed by atoms with Gasteiger partial charge in [0, 0.05) is 6.54 Å². The highest BCUT2D eigenvalue weighted by atomic mass is 19.1. The molecule has 0 radical (unpaired) electrons. The zero-order valence-corrected chi connectivity index (χ0v) is 11.7. The van der Waals surface area contributed by atoms with E-state index in [9.17, 15) is 9.50 Å². The lowest BCUT2D eigenvalue weighted by Crippen LogP contribution is -2.26. The Kier molecular flexibility index (Phi) is 5.34. The van der Waals surface area contributed by atoms with Crippen LogP contribution in [0.15, 0.2) is 18.2 Å². The van der Waals surface area contributed by atoms with Crippen LogP contribution in [0.5, 0.6) is 0 Å². The zero-order valence-electron chi connectivity index (χ0n) is 11.7. The van der Waals surface area contributed by atoms with E-state index in [1.165, 1.54) is 31.7 Å². The number of aliphatic hydroxyl groups excluding tert-OH is 1. The fourth-order valence-corrected chi connectivity index (χ4v) is 2.71. The Bertz CT molecular complexity index is 400. The Hall–Kier alpha value is -0.930. The van der Waals surface area contributed by atoms with Crippen LogP contribution in [-0.2, 0) is 0 Å². The quantitative estimate of drug-likeness (QED) is 0.901. The van der Waals surface area contributed by atoms with Gasteiger partial charge < -0.3 is 10.0 Å². The van der Waals surface area contributed by atoms with Gasteiger partial charge in [0.05, 0.1) is 6.10 Å². The van der Waals surface area contributed by atoms with Gasteiger partial charge in [-0.2, -0.15) is 0 Å². The first kappa shape index (κ1) is 14.5. The molecule has 1 atom stereocenters. The van der Waals surface area contributed by atoms with Crippen molar-refractivity contribution in [1.82, 2.24) is 4.90 Å². The molecule has 1 aromatic rings. The molecule has 0 aliphatic carbocycles. The summed E-state index contributed by atoms with van der Waals surface area (Å²) < 4.78 is 13.2. The second-order valence-corrected chi connectivity index (χ2v) is 5.57. The minimum atomic E-state index is -0.484. The summed E-state index contributed by atoms with van der Waals surface area (Å²) in [6.07, 6.45) is 5.44. The van der Waals surface area contributed by atoms with Crippen LogP contribution in [0.1, 0.15) is 49.3 Å². The lowest BCUT2D eigenvalue weighted by Gasteiger charge is -2.21. The smallest absolute Gasteiger partial charge is 0.126 e. The predicted molar refractivity (Wildman–Crippen MR) is 75.6 cm³/mol. The van der Waals surface area contributed by atoms with Crippen molar-refractivity contribution in [3.05, 3.63) is 35.1 Å². The van der Waals surface area contributed by atoms with Crippen LogP contribution < -0.4 is 0 Å². The average Bonchev–Trinajstić information content (AvgIpc) is 2.67. The van der Waals surface area contributed by atoms with Gasteiger partial charge in [0.1, 0.15) is 5.82 Å². The fraction of sp³-hybridized carbons (Fsp3) is 0.625. The Morgan fingerprint density at radius 1 is 1.21 bits per heavy atom. The van der Waals surface area contributed by atoms with Crippen LogP contribution in [0.25, 0.3) is 0 Å². The van der Waals surface area contributed by atoms with E-state index in [0.29, 0.717) is 5.56 Å². The van der Waals surface area contributed by atoms with Gasteiger partial charge in [-0.3, -0.25) is 0 Å². The summed E-state index contributed by atoms with van der Waals surface area (Å²) in [6.45, 7) is 4.96. The molecule has 1 saturated heterocycles. The molecule has 2 nitrogen and oxygen atoms in total. The highest BCUT2D eigenvalue weighted by Gasteiger charge is 2.13. The summed E-state index contributed by atoms with van der Waals surface area (Å²) in [7, 11) is 0. The van der Waals surface area contributed by atoms with E-state index in [2.05, 4.69) is 4.90 Å². The maximum absolute atomic E-state index is 13.2. The van der Waals surface area contributed by atoms with Crippen molar-refractivity contribution in [3.8, 4) is 0 Å². The van der Waals surface area contributed by atoms with E-state index in [4.69, 9.17) is 0 Å². The highest BCUT2D eigenvalue weighted by molar-refractivity contribution is 5.25. The molecule has 1 aliphatic rings. The zero-order chi connectivity index (χ0) is 13.7. The third kappa shape index (κ3) is 4.29. The number of likely N-dealkylation sites (tertiary alicyclic amines) is 1. The number of halogens is 1. The largest absolute Gasteiger partial charge is 0.388 e. The predicted octanol–water partition coefficient (Wildman–Crippen LogP) is 3.43. The lowest BCUT2D eigenvalue weighted by atomic mass is 10.0. The molecule has 0 bridgehead atoms. The average molecular weight is 265 g/mol. The summed E-state index contributed by atoms with van der Waals surface area (Å²) in [5, 5.41) is 10.2. The molecule has 19 heavy (non-hydrogen) atoms. The number of hydrogen-bond donors (Lipinski definition) is 1. The van der Waals surface area contributed by atoms with Gasteiger partial charge in [0.25, 0.3) is 0 Å². The van der Waals surface area contributed by atoms with Crippen LogP contribution in [0.2, 0.25) is 0 Å². The molecule has 0 aromatic heterocycles. The van der Waals surface area contributed by atoms with Gasteiger partial charge in [-0.1, -0.05) is 25.0 Å². The summed E-state index contributed by atoms with van der Waals surface area (Å²) in [5.41, 5.74) is 1.43. The number of nitrogens with zero attached hydrogens (tertiary/aromatic N) is 1. The molecule has 106 valence electrons. The normalized spacial score (nSPS) is 19.1. The van der Waals surface area contributed by atoms with Gasteiger partial charge in [0.15, 0.2) is 0 Å². The first-order valence-electron chi connectivity index (χ1n) is 7.33. The third-order valence-corrected chi connectivity index (χ3v) is 3.98. The van der Waals surface area contributed by atoms with Crippen LogP contribution in [-0.4, -0.2) is 29.6 Å². The third-order valence-electron chi connectivity index (χ3n) is 3.98. The Morgan fingerprint density at radius 2 is 1.89 bits per heavy atom. The first-order valence-corrected chi connectivity index (χ1v) is 7.33. The van der Waals surface area contributed by atoms with Crippen molar-refractivity contribution >= 4 is 0 Å². The molecule has 1 aromatic carbocycles. The number of aryl methyl sites for hydroxylation is 1. The van der Waals surface area contributed by atoms with Gasteiger partial charge >= 0.3 is 0 Å².